The topological polar surface area (TPSA) is 70.7 Å². The molecule has 4 aromatic rings. The third kappa shape index (κ3) is 2.71. The van der Waals surface area contributed by atoms with Crippen molar-refractivity contribution in [1.82, 2.24) is 18.9 Å². The maximum atomic E-state index is 13.4. The SMILES string of the molecule is CN(C)CC(O)Cn1c2ccccc2c2c3c(c4c5c(n(C)c4c21)C(=O)CC=C5)C(=O)N(C)C3. The van der Waals surface area contributed by atoms with Crippen molar-refractivity contribution in [3.63, 3.8) is 0 Å². The van der Waals surface area contributed by atoms with Crippen molar-refractivity contribution in [2.45, 2.75) is 25.6 Å². The highest BCUT2D eigenvalue weighted by molar-refractivity contribution is 6.28. The molecule has 7 heteroatoms. The van der Waals surface area contributed by atoms with Crippen LogP contribution in [-0.4, -0.2) is 69.5 Å². The number of fused-ring (bicyclic) bond motifs is 10. The Labute approximate surface area is 197 Å². The van der Waals surface area contributed by atoms with Crippen molar-refractivity contribution in [3.05, 3.63) is 52.7 Å². The minimum absolute atomic E-state index is 0.00815. The van der Waals surface area contributed by atoms with Crippen LogP contribution in [0.3, 0.4) is 0 Å². The van der Waals surface area contributed by atoms with E-state index in [9.17, 15) is 14.7 Å². The molecular weight excluding hydrogens is 428 g/mol. The van der Waals surface area contributed by atoms with Gasteiger partial charge in [-0.25, -0.2) is 0 Å². The second-order valence-electron chi connectivity index (χ2n) is 9.86. The lowest BCUT2D eigenvalue weighted by molar-refractivity contribution is 0.0817. The summed E-state index contributed by atoms with van der Waals surface area (Å²) in [5, 5.41) is 13.9. The van der Waals surface area contributed by atoms with Crippen molar-refractivity contribution in [1.29, 1.82) is 0 Å². The first-order valence-electron chi connectivity index (χ1n) is 11.7. The Hall–Kier alpha value is -3.42. The lowest BCUT2D eigenvalue weighted by Crippen LogP contribution is -2.29. The smallest absolute Gasteiger partial charge is 0.254 e. The number of ketones is 1. The summed E-state index contributed by atoms with van der Waals surface area (Å²) in [5.41, 5.74) is 6.09. The molecule has 0 fully saturated rings. The standard InChI is InChI=1S/C27H28N4O3/c1-28(2)12-15(32)13-31-19-10-6-5-8-16(19)21-18-14-29(3)27(34)23(18)22-17-9-7-11-20(33)24(17)30(4)25(22)26(21)31/h5-10,15,32H,11-14H2,1-4H3. The summed E-state index contributed by atoms with van der Waals surface area (Å²) in [6.45, 7) is 1.48. The largest absolute Gasteiger partial charge is 0.390 e. The van der Waals surface area contributed by atoms with Crippen LogP contribution < -0.4 is 0 Å². The summed E-state index contributed by atoms with van der Waals surface area (Å²) in [6.07, 6.45) is 3.67. The molecule has 1 N–H and O–H groups in total. The second kappa shape index (κ2) is 7.29. The number of nitrogens with zero attached hydrogens (tertiary/aromatic N) is 4. The molecule has 1 aliphatic carbocycles. The van der Waals surface area contributed by atoms with Gasteiger partial charge >= 0.3 is 0 Å². The van der Waals surface area contributed by atoms with Crippen LogP contribution in [-0.2, 0) is 20.1 Å². The van der Waals surface area contributed by atoms with Crippen molar-refractivity contribution < 1.29 is 14.7 Å². The Kier molecular flexibility index (Phi) is 4.53. The summed E-state index contributed by atoms with van der Waals surface area (Å²) in [5.74, 6) is 0.0541. The van der Waals surface area contributed by atoms with Crippen LogP contribution in [0.5, 0.6) is 0 Å². The van der Waals surface area contributed by atoms with Gasteiger partial charge < -0.3 is 24.0 Å². The zero-order chi connectivity index (χ0) is 23.9. The van der Waals surface area contributed by atoms with E-state index in [0.29, 0.717) is 37.3 Å². The fourth-order valence-corrected chi connectivity index (χ4v) is 6.02. The monoisotopic (exact) mass is 456 g/mol. The Balaban J connectivity index is 1.83. The minimum Gasteiger partial charge on any atom is -0.390 e. The van der Waals surface area contributed by atoms with Crippen LogP contribution >= 0.6 is 0 Å². The molecule has 7 nitrogen and oxygen atoms in total. The van der Waals surface area contributed by atoms with E-state index < -0.39 is 6.10 Å². The molecule has 2 aromatic carbocycles. The maximum Gasteiger partial charge on any atom is 0.254 e. The number of benzene rings is 2. The molecule has 0 spiro atoms. The zero-order valence-electron chi connectivity index (χ0n) is 19.9. The van der Waals surface area contributed by atoms with E-state index in [1.54, 1.807) is 4.90 Å². The van der Waals surface area contributed by atoms with Gasteiger partial charge in [-0.3, -0.25) is 9.59 Å². The van der Waals surface area contributed by atoms with Gasteiger partial charge in [-0.1, -0.05) is 30.4 Å². The highest BCUT2D eigenvalue weighted by Gasteiger charge is 2.36. The van der Waals surface area contributed by atoms with E-state index in [1.807, 2.05) is 61.9 Å². The molecule has 1 unspecified atom stereocenters. The Morgan fingerprint density at radius 2 is 1.85 bits per heavy atom. The highest BCUT2D eigenvalue weighted by atomic mass is 16.3. The van der Waals surface area contributed by atoms with Crippen LogP contribution in [0.25, 0.3) is 38.8 Å². The molecule has 3 heterocycles. The van der Waals surface area contributed by atoms with Gasteiger partial charge in [0.2, 0.25) is 0 Å². The van der Waals surface area contributed by atoms with Gasteiger partial charge in [0.25, 0.3) is 5.91 Å². The molecular formula is C27H28N4O3. The van der Waals surface area contributed by atoms with Gasteiger partial charge in [0.15, 0.2) is 5.78 Å². The van der Waals surface area contributed by atoms with Crippen molar-refractivity contribution in [2.24, 2.45) is 7.05 Å². The van der Waals surface area contributed by atoms with Crippen molar-refractivity contribution in [3.8, 4) is 0 Å². The molecule has 1 aliphatic heterocycles. The first kappa shape index (κ1) is 21.1. The number of hydrogen-bond donors (Lipinski definition) is 1. The van der Waals surface area contributed by atoms with Gasteiger partial charge in [-0.2, -0.15) is 0 Å². The Morgan fingerprint density at radius 3 is 2.62 bits per heavy atom. The molecule has 0 bridgehead atoms. The normalized spacial score (nSPS) is 16.5. The lowest BCUT2D eigenvalue weighted by atomic mass is 9.94. The lowest BCUT2D eigenvalue weighted by Gasteiger charge is -2.18. The number of likely N-dealkylation sites (N-methyl/N-ethyl adjacent to an activating group) is 1. The number of carbonyl (C=O) groups excluding carboxylic acids is 2. The summed E-state index contributed by atoms with van der Waals surface area (Å²) >= 11 is 0. The third-order valence-corrected chi connectivity index (χ3v) is 7.26. The highest BCUT2D eigenvalue weighted by Crippen LogP contribution is 2.46. The molecule has 6 rings (SSSR count). The molecule has 2 aliphatic rings. The number of aromatic nitrogens is 2. The third-order valence-electron chi connectivity index (χ3n) is 7.26. The number of para-hydroxylation sites is 1. The van der Waals surface area contributed by atoms with Crippen molar-refractivity contribution in [2.75, 3.05) is 27.7 Å². The first-order chi connectivity index (χ1) is 16.3. The number of allylic oxidation sites excluding steroid dienone is 1. The molecule has 2 aromatic heterocycles. The average molecular weight is 457 g/mol. The number of aliphatic hydroxyl groups is 1. The van der Waals surface area contributed by atoms with Crippen LogP contribution in [0.15, 0.2) is 30.3 Å². The van der Waals surface area contributed by atoms with Crippen molar-refractivity contribution >= 4 is 50.5 Å². The van der Waals surface area contributed by atoms with E-state index in [-0.39, 0.29) is 11.7 Å². The van der Waals surface area contributed by atoms with Crippen LogP contribution in [0, 0.1) is 0 Å². The van der Waals surface area contributed by atoms with Gasteiger partial charge in [0.05, 0.1) is 34.9 Å². The molecule has 0 radical (unpaired) electrons. The van der Waals surface area contributed by atoms with Crippen LogP contribution in [0.2, 0.25) is 0 Å². The van der Waals surface area contributed by atoms with E-state index in [2.05, 4.69) is 16.7 Å². The number of carbonyl (C=O) groups is 2. The van der Waals surface area contributed by atoms with E-state index in [4.69, 9.17) is 0 Å². The molecule has 34 heavy (non-hydrogen) atoms. The van der Waals surface area contributed by atoms with E-state index in [1.165, 1.54) is 0 Å². The number of aryl methyl sites for hydroxylation is 1. The number of Topliss-reactive ketones (excluding diaryl/α,β-unsaturated/α-hetero) is 1. The number of amides is 1. The number of hydrogen-bond acceptors (Lipinski definition) is 4. The van der Waals surface area contributed by atoms with E-state index >= 15 is 0 Å². The quantitative estimate of drug-likeness (QED) is 0.511. The maximum absolute atomic E-state index is 13.4. The Morgan fingerprint density at radius 1 is 1.09 bits per heavy atom. The summed E-state index contributed by atoms with van der Waals surface area (Å²) in [6, 6.07) is 8.19. The zero-order valence-corrected chi connectivity index (χ0v) is 19.9. The van der Waals surface area contributed by atoms with Crippen LogP contribution in [0.4, 0.5) is 0 Å². The predicted octanol–water partition coefficient (Wildman–Crippen LogP) is 3.39. The van der Waals surface area contributed by atoms with Gasteiger partial charge in [0, 0.05) is 60.8 Å². The van der Waals surface area contributed by atoms with Gasteiger partial charge in [-0.05, 0) is 25.7 Å². The van der Waals surface area contributed by atoms with Crippen LogP contribution in [0.1, 0.15) is 38.4 Å². The first-order valence-corrected chi connectivity index (χ1v) is 11.7. The fraction of sp³-hybridized carbons (Fsp3) is 0.333. The van der Waals surface area contributed by atoms with E-state index in [0.717, 1.165) is 43.8 Å². The molecule has 0 saturated carbocycles. The predicted molar refractivity (Wildman–Crippen MR) is 134 cm³/mol. The Bertz CT molecular complexity index is 1570. The summed E-state index contributed by atoms with van der Waals surface area (Å²) in [4.78, 5) is 30.2. The number of rotatable bonds is 4. The molecule has 0 saturated heterocycles. The fourth-order valence-electron chi connectivity index (χ4n) is 6.02. The molecule has 174 valence electrons. The summed E-state index contributed by atoms with van der Waals surface area (Å²) in [7, 11) is 7.65. The second-order valence-corrected chi connectivity index (χ2v) is 9.86. The van der Waals surface area contributed by atoms with Gasteiger partial charge in [-0.15, -0.1) is 0 Å². The average Bonchev–Trinajstić information content (AvgIpc) is 3.37. The molecule has 1 atom stereocenters. The molecule has 1 amide bonds. The summed E-state index contributed by atoms with van der Waals surface area (Å²) < 4.78 is 4.16. The number of aliphatic hydroxyl groups excluding tert-OH is 1. The van der Waals surface area contributed by atoms with Gasteiger partial charge in [0.1, 0.15) is 0 Å². The minimum atomic E-state index is -0.571.